The van der Waals surface area contributed by atoms with Crippen LogP contribution in [0.1, 0.15) is 29.8 Å². The Morgan fingerprint density at radius 2 is 2.19 bits per heavy atom. The van der Waals surface area contributed by atoms with Crippen LogP contribution in [0.3, 0.4) is 0 Å². The van der Waals surface area contributed by atoms with Crippen molar-refractivity contribution in [3.8, 4) is 11.9 Å². The number of hydrogen-bond acceptors (Lipinski definition) is 4. The first kappa shape index (κ1) is 15.1. The van der Waals surface area contributed by atoms with Crippen molar-refractivity contribution in [2.24, 2.45) is 0 Å². The lowest BCUT2D eigenvalue weighted by Crippen LogP contribution is -2.52. The Hall–Kier alpha value is -2.30. The molecular weight excluding hydrogens is 287 g/mol. The maximum atomic E-state index is 12.1. The van der Waals surface area contributed by atoms with Gasteiger partial charge in [-0.25, -0.2) is 4.98 Å². The molecule has 0 atom stereocenters. The van der Waals surface area contributed by atoms with Crippen LogP contribution in [-0.4, -0.2) is 29.2 Å². The Kier molecular flexibility index (Phi) is 4.02. The molecule has 8 heteroatoms. The number of rotatable bonds is 4. The molecule has 21 heavy (non-hydrogen) atoms. The number of halogens is 3. The van der Waals surface area contributed by atoms with Gasteiger partial charge in [-0.2, -0.15) is 18.4 Å². The number of carbonyl (C=O) groups is 1. The number of nitrogens with zero attached hydrogens (tertiary/aromatic N) is 2. The van der Waals surface area contributed by atoms with Crippen molar-refractivity contribution in [3.63, 3.8) is 0 Å². The Bertz CT molecular complexity index is 577. The van der Waals surface area contributed by atoms with E-state index in [2.05, 4.69) is 15.0 Å². The Balaban J connectivity index is 2.03. The molecule has 1 aromatic rings. The molecule has 1 heterocycles. The van der Waals surface area contributed by atoms with Crippen LogP contribution in [0.4, 0.5) is 13.2 Å². The van der Waals surface area contributed by atoms with Gasteiger partial charge in [-0.15, -0.1) is 0 Å². The van der Waals surface area contributed by atoms with Crippen molar-refractivity contribution in [1.82, 2.24) is 10.3 Å². The maximum Gasteiger partial charge on any atom is 0.422 e. The zero-order valence-electron chi connectivity index (χ0n) is 10.9. The summed E-state index contributed by atoms with van der Waals surface area (Å²) in [5, 5.41) is 11.6. The molecule has 0 radical (unpaired) electrons. The van der Waals surface area contributed by atoms with E-state index in [-0.39, 0.29) is 11.6 Å². The number of nitriles is 1. The quantitative estimate of drug-likeness (QED) is 0.924. The van der Waals surface area contributed by atoms with Gasteiger partial charge >= 0.3 is 6.18 Å². The highest BCUT2D eigenvalue weighted by Crippen LogP contribution is 2.31. The van der Waals surface area contributed by atoms with Gasteiger partial charge in [0, 0.05) is 6.07 Å². The third-order valence-corrected chi connectivity index (χ3v) is 3.11. The fourth-order valence-electron chi connectivity index (χ4n) is 1.85. The maximum absolute atomic E-state index is 12.1. The Morgan fingerprint density at radius 3 is 2.71 bits per heavy atom. The van der Waals surface area contributed by atoms with Gasteiger partial charge in [0.15, 0.2) is 6.61 Å². The first-order valence-corrected chi connectivity index (χ1v) is 6.24. The lowest BCUT2D eigenvalue weighted by Gasteiger charge is -2.35. The fourth-order valence-corrected chi connectivity index (χ4v) is 1.85. The summed E-state index contributed by atoms with van der Waals surface area (Å²) in [6.45, 7) is -1.48. The molecule has 112 valence electrons. The average molecular weight is 299 g/mol. The van der Waals surface area contributed by atoms with E-state index in [0.29, 0.717) is 12.8 Å². The topological polar surface area (TPSA) is 75.0 Å². The van der Waals surface area contributed by atoms with Gasteiger partial charge in [0.1, 0.15) is 11.2 Å². The highest BCUT2D eigenvalue weighted by molar-refractivity contribution is 5.93. The van der Waals surface area contributed by atoms with Gasteiger partial charge in [0.2, 0.25) is 5.88 Å². The fraction of sp³-hybridized carbons (Fsp3) is 0.462. The number of carbonyl (C=O) groups excluding carboxylic acids is 1. The van der Waals surface area contributed by atoms with E-state index >= 15 is 0 Å². The van der Waals surface area contributed by atoms with Crippen LogP contribution in [0.5, 0.6) is 5.88 Å². The summed E-state index contributed by atoms with van der Waals surface area (Å²) in [7, 11) is 0. The lowest BCUT2D eigenvalue weighted by atomic mass is 9.78. The molecule has 1 N–H and O–H groups in total. The molecule has 1 fully saturated rings. The van der Waals surface area contributed by atoms with Gasteiger partial charge in [-0.1, -0.05) is 6.07 Å². The van der Waals surface area contributed by atoms with Crippen LogP contribution in [0.25, 0.3) is 0 Å². The number of hydrogen-bond donors (Lipinski definition) is 1. The van der Waals surface area contributed by atoms with Crippen LogP contribution in [0.15, 0.2) is 18.2 Å². The summed E-state index contributed by atoms with van der Waals surface area (Å²) in [4.78, 5) is 15.7. The van der Waals surface area contributed by atoms with E-state index in [1.54, 1.807) is 0 Å². The zero-order valence-corrected chi connectivity index (χ0v) is 10.9. The SMILES string of the molecule is N#CC1(NC(=O)c2cccc(OCC(F)(F)F)n2)CCC1. The summed E-state index contributed by atoms with van der Waals surface area (Å²) in [6.07, 6.45) is -2.52. The Morgan fingerprint density at radius 1 is 1.48 bits per heavy atom. The Labute approximate surface area is 118 Å². The molecule has 0 aliphatic heterocycles. The number of aromatic nitrogens is 1. The molecule has 2 rings (SSSR count). The molecule has 1 aromatic heterocycles. The van der Waals surface area contributed by atoms with Crippen LogP contribution < -0.4 is 10.1 Å². The normalized spacial score (nSPS) is 16.5. The number of alkyl halides is 3. The van der Waals surface area contributed by atoms with Gasteiger partial charge in [-0.3, -0.25) is 4.79 Å². The summed E-state index contributed by atoms with van der Waals surface area (Å²) in [6, 6.07) is 5.98. The molecule has 0 saturated heterocycles. The van der Waals surface area contributed by atoms with E-state index in [0.717, 1.165) is 6.42 Å². The van der Waals surface area contributed by atoms with Crippen molar-refractivity contribution >= 4 is 5.91 Å². The van der Waals surface area contributed by atoms with E-state index in [1.807, 2.05) is 6.07 Å². The molecule has 1 aliphatic carbocycles. The number of nitrogens with one attached hydrogen (secondary N) is 1. The van der Waals surface area contributed by atoms with Crippen LogP contribution in [0, 0.1) is 11.3 Å². The number of ether oxygens (including phenoxy) is 1. The van der Waals surface area contributed by atoms with Crippen molar-refractivity contribution in [3.05, 3.63) is 23.9 Å². The van der Waals surface area contributed by atoms with Gasteiger partial charge in [-0.05, 0) is 25.3 Å². The van der Waals surface area contributed by atoms with E-state index in [9.17, 15) is 18.0 Å². The summed E-state index contributed by atoms with van der Waals surface area (Å²) < 4.78 is 40.6. The van der Waals surface area contributed by atoms with Crippen LogP contribution >= 0.6 is 0 Å². The molecule has 0 aromatic carbocycles. The molecule has 5 nitrogen and oxygen atoms in total. The highest BCUT2D eigenvalue weighted by atomic mass is 19.4. The first-order chi connectivity index (χ1) is 9.84. The van der Waals surface area contributed by atoms with Crippen LogP contribution in [0.2, 0.25) is 0 Å². The zero-order chi connectivity index (χ0) is 15.5. The molecule has 1 amide bonds. The second-order valence-electron chi connectivity index (χ2n) is 4.77. The van der Waals surface area contributed by atoms with Crippen molar-refractivity contribution in [2.75, 3.05) is 6.61 Å². The minimum Gasteiger partial charge on any atom is -0.468 e. The van der Waals surface area contributed by atoms with E-state index < -0.39 is 24.2 Å². The molecular formula is C13H12F3N3O2. The lowest BCUT2D eigenvalue weighted by molar-refractivity contribution is -0.154. The highest BCUT2D eigenvalue weighted by Gasteiger charge is 2.39. The summed E-state index contributed by atoms with van der Waals surface area (Å²) in [5.74, 6) is -0.895. The third-order valence-electron chi connectivity index (χ3n) is 3.11. The van der Waals surface area contributed by atoms with Crippen molar-refractivity contribution in [1.29, 1.82) is 5.26 Å². The monoisotopic (exact) mass is 299 g/mol. The second kappa shape index (κ2) is 5.60. The molecule has 1 aliphatic rings. The number of amides is 1. The second-order valence-corrected chi connectivity index (χ2v) is 4.77. The summed E-state index contributed by atoms with van der Waals surface area (Å²) in [5.41, 5.74) is -0.974. The van der Waals surface area contributed by atoms with Gasteiger partial charge in [0.05, 0.1) is 6.07 Å². The molecule has 0 bridgehead atoms. The van der Waals surface area contributed by atoms with Gasteiger partial charge in [0.25, 0.3) is 5.91 Å². The minimum atomic E-state index is -4.48. The van der Waals surface area contributed by atoms with E-state index in [4.69, 9.17) is 5.26 Å². The third kappa shape index (κ3) is 3.84. The standard InChI is InChI=1S/C13H12F3N3O2/c14-13(15,16)8-21-10-4-1-3-9(18-10)11(20)19-12(7-17)5-2-6-12/h1,3-4H,2,5-6,8H2,(H,19,20). The van der Waals surface area contributed by atoms with Gasteiger partial charge < -0.3 is 10.1 Å². The van der Waals surface area contributed by atoms with Crippen molar-refractivity contribution in [2.45, 2.75) is 31.0 Å². The number of pyridine rings is 1. The smallest absolute Gasteiger partial charge is 0.422 e. The molecule has 0 spiro atoms. The predicted molar refractivity (Wildman–Crippen MR) is 65.4 cm³/mol. The largest absolute Gasteiger partial charge is 0.468 e. The first-order valence-electron chi connectivity index (χ1n) is 6.24. The van der Waals surface area contributed by atoms with Crippen molar-refractivity contribution < 1.29 is 22.7 Å². The minimum absolute atomic E-state index is 0.0869. The van der Waals surface area contributed by atoms with Crippen LogP contribution in [-0.2, 0) is 0 Å². The van der Waals surface area contributed by atoms with E-state index in [1.165, 1.54) is 18.2 Å². The predicted octanol–water partition coefficient (Wildman–Crippen LogP) is 2.20. The average Bonchev–Trinajstić information content (AvgIpc) is 2.40. The molecule has 0 unspecified atom stereocenters. The molecule has 1 saturated carbocycles. The summed E-state index contributed by atoms with van der Waals surface area (Å²) >= 11 is 0.